The van der Waals surface area contributed by atoms with Crippen LogP contribution in [-0.4, -0.2) is 18.8 Å². The summed E-state index contributed by atoms with van der Waals surface area (Å²) < 4.78 is 6.14. The molecule has 0 saturated carbocycles. The normalized spacial score (nSPS) is 22.5. The van der Waals surface area contributed by atoms with Crippen molar-refractivity contribution < 1.29 is 4.74 Å². The number of hydrogen-bond donors (Lipinski definition) is 2. The molecule has 0 spiro atoms. The van der Waals surface area contributed by atoms with Gasteiger partial charge in [0.05, 0.1) is 6.04 Å². The minimum atomic E-state index is 0.196. The van der Waals surface area contributed by atoms with Crippen molar-refractivity contribution in [2.24, 2.45) is 11.0 Å². The van der Waals surface area contributed by atoms with E-state index >= 15 is 0 Å². The maximum atomic E-state index is 6.14. The maximum absolute atomic E-state index is 6.14. The van der Waals surface area contributed by atoms with Crippen molar-refractivity contribution in [3.8, 4) is 5.75 Å². The van der Waals surface area contributed by atoms with Crippen LogP contribution in [-0.2, 0) is 6.61 Å². The lowest BCUT2D eigenvalue weighted by Gasteiger charge is -2.26. The van der Waals surface area contributed by atoms with E-state index in [4.69, 9.17) is 4.74 Å². The van der Waals surface area contributed by atoms with E-state index in [9.17, 15) is 0 Å². The van der Waals surface area contributed by atoms with Crippen LogP contribution in [0.5, 0.6) is 5.75 Å². The van der Waals surface area contributed by atoms with Gasteiger partial charge in [-0.15, -0.1) is 0 Å². The quantitative estimate of drug-likeness (QED) is 0.909. The fraction of sp³-hybridized carbons (Fsp3) is 0.350. The fourth-order valence-corrected chi connectivity index (χ4v) is 3.47. The molecule has 2 heterocycles. The first-order valence-corrected chi connectivity index (χ1v) is 8.61. The van der Waals surface area contributed by atoms with Gasteiger partial charge >= 0.3 is 0 Å². The number of hydrazone groups is 1. The Labute approximate surface area is 142 Å². The predicted octanol–water partition coefficient (Wildman–Crippen LogP) is 3.18. The van der Waals surface area contributed by atoms with E-state index in [1.807, 2.05) is 6.07 Å². The van der Waals surface area contributed by atoms with Gasteiger partial charge in [0.2, 0.25) is 0 Å². The molecular formula is C20H23N3O. The maximum Gasteiger partial charge on any atom is 0.125 e. The molecule has 4 heteroatoms. The average molecular weight is 321 g/mol. The Bertz CT molecular complexity index is 739. The third-order valence-corrected chi connectivity index (χ3v) is 4.87. The molecule has 0 aromatic heterocycles. The van der Waals surface area contributed by atoms with Gasteiger partial charge in [-0.25, -0.2) is 0 Å². The lowest BCUT2D eigenvalue weighted by molar-refractivity contribution is 0.296. The minimum absolute atomic E-state index is 0.196. The van der Waals surface area contributed by atoms with Gasteiger partial charge in [0.25, 0.3) is 0 Å². The molecular weight excluding hydrogens is 298 g/mol. The van der Waals surface area contributed by atoms with Crippen molar-refractivity contribution in [3.05, 3.63) is 65.2 Å². The molecule has 4 nitrogen and oxygen atoms in total. The minimum Gasteiger partial charge on any atom is -0.489 e. The van der Waals surface area contributed by atoms with Gasteiger partial charge < -0.3 is 15.5 Å². The highest BCUT2D eigenvalue weighted by Crippen LogP contribution is 2.35. The molecule has 2 unspecified atom stereocenters. The third kappa shape index (κ3) is 3.02. The van der Waals surface area contributed by atoms with E-state index in [0.29, 0.717) is 12.5 Å². The molecule has 24 heavy (non-hydrogen) atoms. The standard InChI is InChI=1S/C20H23N3O/c1-14-6-8-15(9-7-14)13-24-19-5-3-2-4-16(19)20-17-12-21-11-10-18(17)22-23-20/h2-9,17,20-21,23H,10-13H2,1H3. The van der Waals surface area contributed by atoms with Gasteiger partial charge in [0, 0.05) is 36.7 Å². The first kappa shape index (κ1) is 15.2. The summed E-state index contributed by atoms with van der Waals surface area (Å²) in [5.41, 5.74) is 8.26. The summed E-state index contributed by atoms with van der Waals surface area (Å²) in [4.78, 5) is 0. The SMILES string of the molecule is Cc1ccc(COc2ccccc2C2NN=C3CCNCC32)cc1. The van der Waals surface area contributed by atoms with Crippen LogP contribution in [0.3, 0.4) is 0 Å². The zero-order chi connectivity index (χ0) is 16.4. The molecule has 1 saturated heterocycles. The van der Waals surface area contributed by atoms with Gasteiger partial charge in [0.1, 0.15) is 12.4 Å². The van der Waals surface area contributed by atoms with E-state index in [1.165, 1.54) is 22.4 Å². The molecule has 124 valence electrons. The van der Waals surface area contributed by atoms with Gasteiger partial charge in [-0.3, -0.25) is 0 Å². The van der Waals surface area contributed by atoms with Crippen LogP contribution in [0.25, 0.3) is 0 Å². The van der Waals surface area contributed by atoms with Gasteiger partial charge in [0.15, 0.2) is 0 Å². The van der Waals surface area contributed by atoms with Crippen molar-refractivity contribution in [1.82, 2.24) is 10.7 Å². The predicted molar refractivity (Wildman–Crippen MR) is 96.2 cm³/mol. The molecule has 0 aliphatic carbocycles. The van der Waals surface area contributed by atoms with E-state index in [0.717, 1.165) is 25.3 Å². The van der Waals surface area contributed by atoms with Crippen molar-refractivity contribution in [2.45, 2.75) is 26.0 Å². The van der Waals surface area contributed by atoms with Gasteiger partial charge in [-0.2, -0.15) is 5.10 Å². The first-order valence-electron chi connectivity index (χ1n) is 8.61. The Morgan fingerprint density at radius 1 is 1.12 bits per heavy atom. The van der Waals surface area contributed by atoms with Crippen molar-refractivity contribution >= 4 is 5.71 Å². The van der Waals surface area contributed by atoms with Crippen LogP contribution in [0.1, 0.15) is 29.2 Å². The summed E-state index contributed by atoms with van der Waals surface area (Å²) in [6.07, 6.45) is 1.03. The fourth-order valence-electron chi connectivity index (χ4n) is 3.47. The molecule has 2 aromatic rings. The van der Waals surface area contributed by atoms with E-state index in [1.54, 1.807) is 0 Å². The summed E-state index contributed by atoms with van der Waals surface area (Å²) in [5, 5.41) is 8.03. The van der Waals surface area contributed by atoms with E-state index in [2.05, 4.69) is 65.2 Å². The molecule has 4 rings (SSSR count). The molecule has 2 aliphatic rings. The summed E-state index contributed by atoms with van der Waals surface area (Å²) >= 11 is 0. The third-order valence-electron chi connectivity index (χ3n) is 4.87. The molecule has 2 N–H and O–H groups in total. The Hall–Kier alpha value is -2.33. The highest BCUT2D eigenvalue weighted by molar-refractivity contribution is 5.90. The number of rotatable bonds is 4. The number of aryl methyl sites for hydroxylation is 1. The van der Waals surface area contributed by atoms with Crippen molar-refractivity contribution in [2.75, 3.05) is 13.1 Å². The number of fused-ring (bicyclic) bond motifs is 1. The number of ether oxygens (including phenoxy) is 1. The number of hydrogen-bond acceptors (Lipinski definition) is 4. The molecule has 2 aromatic carbocycles. The van der Waals surface area contributed by atoms with Crippen LogP contribution in [0.2, 0.25) is 0 Å². The molecule has 0 amide bonds. The van der Waals surface area contributed by atoms with Gasteiger partial charge in [-0.1, -0.05) is 48.0 Å². The summed E-state index contributed by atoms with van der Waals surface area (Å²) in [5.74, 6) is 1.36. The second-order valence-electron chi connectivity index (χ2n) is 6.58. The zero-order valence-electron chi connectivity index (χ0n) is 14.0. The second kappa shape index (κ2) is 6.65. The van der Waals surface area contributed by atoms with Crippen LogP contribution in [0.15, 0.2) is 53.6 Å². The highest BCUT2D eigenvalue weighted by Gasteiger charge is 2.35. The van der Waals surface area contributed by atoms with E-state index in [-0.39, 0.29) is 6.04 Å². The van der Waals surface area contributed by atoms with Crippen LogP contribution >= 0.6 is 0 Å². The van der Waals surface area contributed by atoms with Crippen molar-refractivity contribution in [3.63, 3.8) is 0 Å². The van der Waals surface area contributed by atoms with Crippen LogP contribution < -0.4 is 15.5 Å². The largest absolute Gasteiger partial charge is 0.489 e. The summed E-state index contributed by atoms with van der Waals surface area (Å²) in [7, 11) is 0. The Balaban J connectivity index is 1.52. The topological polar surface area (TPSA) is 45.6 Å². The molecule has 0 radical (unpaired) electrons. The van der Waals surface area contributed by atoms with Crippen LogP contribution in [0.4, 0.5) is 0 Å². The Morgan fingerprint density at radius 3 is 2.83 bits per heavy atom. The zero-order valence-corrected chi connectivity index (χ0v) is 14.0. The Morgan fingerprint density at radius 2 is 1.96 bits per heavy atom. The number of benzene rings is 2. The Kier molecular flexibility index (Phi) is 4.22. The number of para-hydroxylation sites is 1. The molecule has 1 fully saturated rings. The summed E-state index contributed by atoms with van der Waals surface area (Å²) in [6.45, 7) is 4.68. The lowest BCUT2D eigenvalue weighted by Crippen LogP contribution is -2.38. The monoisotopic (exact) mass is 321 g/mol. The highest BCUT2D eigenvalue weighted by atomic mass is 16.5. The van der Waals surface area contributed by atoms with E-state index < -0.39 is 0 Å². The lowest BCUT2D eigenvalue weighted by atomic mass is 9.87. The second-order valence-corrected chi connectivity index (χ2v) is 6.58. The number of nitrogens with zero attached hydrogens (tertiary/aromatic N) is 1. The molecule has 2 aliphatic heterocycles. The molecule has 0 bridgehead atoms. The van der Waals surface area contributed by atoms with Crippen molar-refractivity contribution in [1.29, 1.82) is 0 Å². The first-order chi connectivity index (χ1) is 11.8. The number of piperidine rings is 1. The molecule has 2 atom stereocenters. The summed E-state index contributed by atoms with van der Waals surface area (Å²) in [6, 6.07) is 17.0. The smallest absolute Gasteiger partial charge is 0.125 e. The van der Waals surface area contributed by atoms with Gasteiger partial charge in [-0.05, 0) is 18.6 Å². The van der Waals surface area contributed by atoms with Crippen LogP contribution in [0, 0.1) is 12.8 Å². The average Bonchev–Trinajstić information content (AvgIpc) is 3.05. The number of nitrogens with one attached hydrogen (secondary N) is 2.